The molecule has 0 saturated heterocycles. The fourth-order valence-corrected chi connectivity index (χ4v) is 1.45. The number of hydrogen-bond acceptors (Lipinski definition) is 1. The number of ether oxygens (including phenoxy) is 1. The Morgan fingerprint density at radius 2 is 2.20 bits per heavy atom. The lowest BCUT2D eigenvalue weighted by Gasteiger charge is -2.13. The smallest absolute Gasteiger partial charge is 0.0671 e. The Labute approximate surface area is 99.8 Å². The first-order chi connectivity index (χ1) is 7.20. The molecule has 0 aliphatic carbocycles. The van der Waals surface area contributed by atoms with Gasteiger partial charge in [0.1, 0.15) is 0 Å². The predicted octanol–water partition coefficient (Wildman–Crippen LogP) is 4.03. The third kappa shape index (κ3) is 10.3. The number of rotatable bonds is 10. The monoisotopic (exact) mass is 230 g/mol. The van der Waals surface area contributed by atoms with E-state index in [9.17, 15) is 0 Å². The molecular formula is C13H23ClO. The lowest BCUT2D eigenvalue weighted by atomic mass is 10.0. The van der Waals surface area contributed by atoms with E-state index in [-0.39, 0.29) is 0 Å². The summed E-state index contributed by atoms with van der Waals surface area (Å²) in [7, 11) is 0. The molecule has 0 bridgehead atoms. The normalized spacial score (nSPS) is 12.7. The molecule has 2 radical (unpaired) electrons. The lowest BCUT2D eigenvalue weighted by Crippen LogP contribution is -2.13. The van der Waals surface area contributed by atoms with Crippen LogP contribution >= 0.6 is 11.6 Å². The molecule has 0 saturated carbocycles. The van der Waals surface area contributed by atoms with Crippen molar-refractivity contribution in [2.45, 2.75) is 32.6 Å². The summed E-state index contributed by atoms with van der Waals surface area (Å²) in [5.41, 5.74) is 1.06. The molecule has 0 spiro atoms. The summed E-state index contributed by atoms with van der Waals surface area (Å²) in [5.74, 6) is 1.01. The summed E-state index contributed by atoms with van der Waals surface area (Å²) in [6.45, 7) is 10.9. The van der Waals surface area contributed by atoms with Gasteiger partial charge in [0.15, 0.2) is 0 Å². The zero-order valence-electron chi connectivity index (χ0n) is 9.80. The Morgan fingerprint density at radius 1 is 1.47 bits per heavy atom. The molecule has 0 fully saturated rings. The van der Waals surface area contributed by atoms with Crippen LogP contribution in [-0.2, 0) is 4.74 Å². The molecule has 0 aromatic carbocycles. The minimum atomic E-state index is 0.371. The van der Waals surface area contributed by atoms with Gasteiger partial charge in [-0.1, -0.05) is 38.3 Å². The van der Waals surface area contributed by atoms with Gasteiger partial charge >= 0.3 is 0 Å². The molecule has 15 heavy (non-hydrogen) atoms. The van der Waals surface area contributed by atoms with Crippen LogP contribution in [0.5, 0.6) is 0 Å². The first-order valence-electron chi connectivity index (χ1n) is 5.61. The van der Waals surface area contributed by atoms with Crippen molar-refractivity contribution in [1.29, 1.82) is 0 Å². The molecule has 2 heteroatoms. The van der Waals surface area contributed by atoms with Crippen LogP contribution in [0.4, 0.5) is 0 Å². The second-order valence-electron chi connectivity index (χ2n) is 3.97. The Morgan fingerprint density at radius 3 is 2.73 bits per heavy atom. The van der Waals surface area contributed by atoms with Crippen LogP contribution in [0.1, 0.15) is 32.6 Å². The molecule has 0 aliphatic heterocycles. The van der Waals surface area contributed by atoms with Gasteiger partial charge in [0.05, 0.1) is 13.2 Å². The molecule has 1 unspecified atom stereocenters. The standard InChI is InChI=1S/C13H23ClO/c1-4-5-6-7-8-13(9-14)11-15-10-12(2)3/h8,13H,1-2,4-7,9-11H2,3H3. The molecule has 1 atom stereocenters. The first-order valence-corrected chi connectivity index (χ1v) is 6.14. The van der Waals surface area contributed by atoms with Gasteiger partial charge in [0.25, 0.3) is 0 Å². The molecule has 1 nitrogen and oxygen atoms in total. The third-order valence-corrected chi connectivity index (χ3v) is 2.48. The van der Waals surface area contributed by atoms with Crippen LogP contribution < -0.4 is 0 Å². The summed E-state index contributed by atoms with van der Waals surface area (Å²) in [6.07, 6.45) is 6.80. The second-order valence-corrected chi connectivity index (χ2v) is 4.28. The average Bonchev–Trinajstić information content (AvgIpc) is 2.21. The Kier molecular flexibility index (Phi) is 10.5. The van der Waals surface area contributed by atoms with Crippen LogP contribution in [0.3, 0.4) is 0 Å². The zero-order valence-corrected chi connectivity index (χ0v) is 10.6. The van der Waals surface area contributed by atoms with E-state index in [1.807, 2.05) is 6.92 Å². The van der Waals surface area contributed by atoms with Gasteiger partial charge in [-0.2, -0.15) is 0 Å². The number of alkyl halides is 1. The highest BCUT2D eigenvalue weighted by Gasteiger charge is 2.07. The van der Waals surface area contributed by atoms with E-state index < -0.39 is 0 Å². The van der Waals surface area contributed by atoms with Crippen molar-refractivity contribution in [2.24, 2.45) is 5.92 Å². The van der Waals surface area contributed by atoms with E-state index in [0.29, 0.717) is 25.0 Å². The van der Waals surface area contributed by atoms with Crippen LogP contribution in [0.25, 0.3) is 0 Å². The highest BCUT2D eigenvalue weighted by atomic mass is 35.5. The highest BCUT2D eigenvalue weighted by Crippen LogP contribution is 2.12. The molecule has 0 rings (SSSR count). The minimum absolute atomic E-state index is 0.371. The number of halogens is 1. The van der Waals surface area contributed by atoms with Crippen molar-refractivity contribution in [3.8, 4) is 0 Å². The number of hydrogen-bond donors (Lipinski definition) is 0. The Hall–Kier alpha value is -0.0100. The van der Waals surface area contributed by atoms with E-state index in [1.165, 1.54) is 12.8 Å². The van der Waals surface area contributed by atoms with Crippen molar-refractivity contribution in [2.75, 3.05) is 19.1 Å². The van der Waals surface area contributed by atoms with Gasteiger partial charge in [0.2, 0.25) is 0 Å². The number of unbranched alkanes of at least 4 members (excludes halogenated alkanes) is 3. The summed E-state index contributed by atoms with van der Waals surface area (Å²) < 4.78 is 5.48. The van der Waals surface area contributed by atoms with Crippen molar-refractivity contribution >= 4 is 11.6 Å². The average molecular weight is 231 g/mol. The van der Waals surface area contributed by atoms with E-state index in [4.69, 9.17) is 16.3 Å². The summed E-state index contributed by atoms with van der Waals surface area (Å²) in [5, 5.41) is 0. The summed E-state index contributed by atoms with van der Waals surface area (Å²) in [4.78, 5) is 0. The van der Waals surface area contributed by atoms with E-state index in [2.05, 4.69) is 19.9 Å². The fraction of sp³-hybridized carbons (Fsp3) is 0.692. The molecule has 0 aliphatic rings. The fourth-order valence-electron chi connectivity index (χ4n) is 1.23. The maximum Gasteiger partial charge on any atom is 0.0671 e. The molecule has 0 aromatic heterocycles. The topological polar surface area (TPSA) is 9.23 Å². The Balaban J connectivity index is 3.41. The largest absolute Gasteiger partial charge is 0.377 e. The predicted molar refractivity (Wildman–Crippen MR) is 68.0 cm³/mol. The maximum absolute atomic E-state index is 5.85. The summed E-state index contributed by atoms with van der Waals surface area (Å²) >= 11 is 5.85. The van der Waals surface area contributed by atoms with Crippen molar-refractivity contribution in [3.63, 3.8) is 0 Å². The van der Waals surface area contributed by atoms with E-state index >= 15 is 0 Å². The molecule has 0 aromatic rings. The highest BCUT2D eigenvalue weighted by molar-refractivity contribution is 6.18. The van der Waals surface area contributed by atoms with E-state index in [0.717, 1.165) is 18.4 Å². The first kappa shape index (κ1) is 15.0. The Bertz CT molecular complexity index is 157. The molecule has 88 valence electrons. The molecule has 0 heterocycles. The van der Waals surface area contributed by atoms with Gasteiger partial charge in [-0.15, -0.1) is 11.6 Å². The SMILES string of the molecule is [CH2]CCCC[CH]C(CCl)COCC(=C)C. The lowest BCUT2D eigenvalue weighted by molar-refractivity contribution is 0.133. The zero-order chi connectivity index (χ0) is 11.5. The second kappa shape index (κ2) is 10.5. The minimum Gasteiger partial charge on any atom is -0.377 e. The van der Waals surface area contributed by atoms with Crippen LogP contribution in [0.2, 0.25) is 0 Å². The van der Waals surface area contributed by atoms with Gasteiger partial charge < -0.3 is 4.74 Å². The van der Waals surface area contributed by atoms with Crippen LogP contribution in [0.15, 0.2) is 12.2 Å². The quantitative estimate of drug-likeness (QED) is 0.313. The molecule has 0 amide bonds. The van der Waals surface area contributed by atoms with Gasteiger partial charge in [-0.3, -0.25) is 0 Å². The van der Waals surface area contributed by atoms with Gasteiger partial charge in [0, 0.05) is 5.88 Å². The molecular weight excluding hydrogens is 208 g/mol. The van der Waals surface area contributed by atoms with Gasteiger partial charge in [-0.25, -0.2) is 0 Å². The van der Waals surface area contributed by atoms with E-state index in [1.54, 1.807) is 0 Å². The van der Waals surface area contributed by atoms with Crippen molar-refractivity contribution < 1.29 is 4.74 Å². The third-order valence-electron chi connectivity index (χ3n) is 2.08. The van der Waals surface area contributed by atoms with Crippen LogP contribution in [-0.4, -0.2) is 19.1 Å². The van der Waals surface area contributed by atoms with Crippen molar-refractivity contribution in [1.82, 2.24) is 0 Å². The maximum atomic E-state index is 5.85. The molecule has 0 N–H and O–H groups in total. The van der Waals surface area contributed by atoms with Gasteiger partial charge in [-0.05, 0) is 25.7 Å². The van der Waals surface area contributed by atoms with Crippen LogP contribution in [0, 0.1) is 19.3 Å². The summed E-state index contributed by atoms with van der Waals surface area (Å²) in [6, 6.07) is 0. The van der Waals surface area contributed by atoms with Crippen molar-refractivity contribution in [3.05, 3.63) is 25.5 Å².